The number of fused-ring (bicyclic) bond motifs is 1. The van der Waals surface area contributed by atoms with Crippen molar-refractivity contribution in [2.75, 3.05) is 0 Å². The molecule has 0 atom stereocenters. The average Bonchev–Trinajstić information content (AvgIpc) is 3.10. The Morgan fingerprint density at radius 2 is 2.12 bits per heavy atom. The number of rotatable bonds is 2. The quantitative estimate of drug-likeness (QED) is 0.858. The highest BCUT2D eigenvalue weighted by atomic mass is 16.4. The van der Waals surface area contributed by atoms with Gasteiger partial charge in [-0.1, -0.05) is 12.1 Å². The molecule has 3 heteroatoms. The molecule has 1 aliphatic rings. The molecule has 1 fully saturated rings. The lowest BCUT2D eigenvalue weighted by molar-refractivity contribution is -0.140. The van der Waals surface area contributed by atoms with Crippen molar-refractivity contribution >= 4 is 16.7 Å². The van der Waals surface area contributed by atoms with Crippen LogP contribution in [0, 0.1) is 6.92 Å². The summed E-state index contributed by atoms with van der Waals surface area (Å²) in [5, 5.41) is 11.4. The third-order valence-corrected chi connectivity index (χ3v) is 3.68. The number of carboxylic acid groups (broad SMARTS) is 1. The average molecular weight is 227 g/mol. The lowest BCUT2D eigenvalue weighted by Crippen LogP contribution is -2.19. The van der Waals surface area contributed by atoms with E-state index in [1.165, 1.54) is 0 Å². The number of carbonyl (C=O) groups is 1. The zero-order valence-electron chi connectivity index (χ0n) is 9.60. The second-order valence-electron chi connectivity index (χ2n) is 4.72. The molecule has 1 aliphatic carbocycles. The molecular weight excluding hydrogens is 214 g/mol. The van der Waals surface area contributed by atoms with Crippen LogP contribution in [-0.2, 0) is 10.2 Å². The molecule has 1 aromatic heterocycles. The van der Waals surface area contributed by atoms with Crippen molar-refractivity contribution in [1.82, 2.24) is 4.98 Å². The Labute approximate surface area is 99.1 Å². The summed E-state index contributed by atoms with van der Waals surface area (Å²) >= 11 is 0. The normalized spacial score (nSPS) is 17.0. The third kappa shape index (κ3) is 1.42. The SMILES string of the molecule is Cc1nccc2cc(C3(C(=O)O)CC3)ccc12. The molecule has 2 aromatic rings. The molecule has 17 heavy (non-hydrogen) atoms. The summed E-state index contributed by atoms with van der Waals surface area (Å²) in [5.74, 6) is -0.706. The number of carboxylic acids is 1. The van der Waals surface area contributed by atoms with Crippen LogP contribution in [0.4, 0.5) is 0 Å². The fourth-order valence-electron chi connectivity index (χ4n) is 2.38. The number of benzene rings is 1. The smallest absolute Gasteiger partial charge is 0.314 e. The van der Waals surface area contributed by atoms with Crippen LogP contribution in [-0.4, -0.2) is 16.1 Å². The Hall–Kier alpha value is -1.90. The van der Waals surface area contributed by atoms with Gasteiger partial charge in [-0.3, -0.25) is 9.78 Å². The lowest BCUT2D eigenvalue weighted by Gasteiger charge is -2.11. The summed E-state index contributed by atoms with van der Waals surface area (Å²) < 4.78 is 0. The maximum Gasteiger partial charge on any atom is 0.314 e. The fourth-order valence-corrected chi connectivity index (χ4v) is 2.38. The number of pyridine rings is 1. The molecule has 0 unspecified atom stereocenters. The zero-order valence-corrected chi connectivity index (χ0v) is 9.60. The summed E-state index contributed by atoms with van der Waals surface area (Å²) in [6.45, 7) is 1.96. The highest BCUT2D eigenvalue weighted by Gasteiger charge is 2.51. The first kappa shape index (κ1) is 10.3. The molecule has 1 aromatic carbocycles. The summed E-state index contributed by atoms with van der Waals surface area (Å²) in [7, 11) is 0. The third-order valence-electron chi connectivity index (χ3n) is 3.68. The highest BCUT2D eigenvalue weighted by molar-refractivity contribution is 5.90. The molecule has 0 radical (unpaired) electrons. The first-order chi connectivity index (χ1) is 8.13. The van der Waals surface area contributed by atoms with Gasteiger partial charge in [-0.25, -0.2) is 0 Å². The van der Waals surface area contributed by atoms with Crippen molar-refractivity contribution in [3.8, 4) is 0 Å². The van der Waals surface area contributed by atoms with Crippen molar-refractivity contribution in [3.63, 3.8) is 0 Å². The van der Waals surface area contributed by atoms with Gasteiger partial charge in [0.2, 0.25) is 0 Å². The van der Waals surface area contributed by atoms with Crippen LogP contribution in [0.15, 0.2) is 30.5 Å². The first-order valence-corrected chi connectivity index (χ1v) is 5.73. The van der Waals surface area contributed by atoms with Gasteiger partial charge in [0.15, 0.2) is 0 Å². The standard InChI is InChI=1S/C14H13NO2/c1-9-12-3-2-11(8-10(12)4-7-15-9)14(5-6-14)13(16)17/h2-4,7-8H,5-6H2,1H3,(H,16,17). The van der Waals surface area contributed by atoms with Gasteiger partial charge in [-0.05, 0) is 42.8 Å². The number of aromatic nitrogens is 1. The van der Waals surface area contributed by atoms with E-state index in [0.717, 1.165) is 34.9 Å². The van der Waals surface area contributed by atoms with Gasteiger partial charge in [0.25, 0.3) is 0 Å². The molecule has 0 amide bonds. The molecule has 1 N–H and O–H groups in total. The van der Waals surface area contributed by atoms with Crippen LogP contribution < -0.4 is 0 Å². The Bertz CT molecular complexity index is 615. The second-order valence-corrected chi connectivity index (χ2v) is 4.72. The van der Waals surface area contributed by atoms with Crippen molar-refractivity contribution in [3.05, 3.63) is 41.7 Å². The zero-order chi connectivity index (χ0) is 12.0. The van der Waals surface area contributed by atoms with E-state index in [9.17, 15) is 9.90 Å². The van der Waals surface area contributed by atoms with E-state index >= 15 is 0 Å². The van der Waals surface area contributed by atoms with Crippen LogP contribution in [0.5, 0.6) is 0 Å². The Kier molecular flexibility index (Phi) is 1.99. The van der Waals surface area contributed by atoms with Crippen LogP contribution in [0.1, 0.15) is 24.1 Å². The van der Waals surface area contributed by atoms with Gasteiger partial charge >= 0.3 is 5.97 Å². The molecule has 1 heterocycles. The van der Waals surface area contributed by atoms with E-state index in [4.69, 9.17) is 0 Å². The highest BCUT2D eigenvalue weighted by Crippen LogP contribution is 2.48. The Balaban J connectivity index is 2.18. The number of aryl methyl sites for hydroxylation is 1. The minimum absolute atomic E-state index is 0.620. The predicted molar refractivity (Wildman–Crippen MR) is 65.0 cm³/mol. The van der Waals surface area contributed by atoms with Gasteiger partial charge in [-0.15, -0.1) is 0 Å². The maximum atomic E-state index is 11.3. The molecule has 0 bridgehead atoms. The minimum Gasteiger partial charge on any atom is -0.481 e. The summed E-state index contributed by atoms with van der Waals surface area (Å²) in [4.78, 5) is 15.5. The number of nitrogens with zero attached hydrogens (tertiary/aromatic N) is 1. The van der Waals surface area contributed by atoms with Crippen LogP contribution >= 0.6 is 0 Å². The Morgan fingerprint density at radius 3 is 2.76 bits per heavy atom. The molecule has 3 rings (SSSR count). The van der Waals surface area contributed by atoms with Crippen molar-refractivity contribution in [2.24, 2.45) is 0 Å². The van der Waals surface area contributed by atoms with Crippen molar-refractivity contribution in [2.45, 2.75) is 25.2 Å². The first-order valence-electron chi connectivity index (χ1n) is 5.73. The van der Waals surface area contributed by atoms with E-state index in [1.807, 2.05) is 31.2 Å². The summed E-state index contributed by atoms with van der Waals surface area (Å²) in [6, 6.07) is 7.84. The van der Waals surface area contributed by atoms with E-state index in [0.29, 0.717) is 0 Å². The van der Waals surface area contributed by atoms with Gasteiger partial charge in [0.1, 0.15) is 0 Å². The molecule has 1 saturated carbocycles. The Morgan fingerprint density at radius 1 is 1.35 bits per heavy atom. The minimum atomic E-state index is -0.706. The molecular formula is C14H13NO2. The molecule has 0 aliphatic heterocycles. The van der Waals surface area contributed by atoms with Gasteiger partial charge in [0.05, 0.1) is 5.41 Å². The maximum absolute atomic E-state index is 11.3. The summed E-state index contributed by atoms with van der Waals surface area (Å²) in [5.41, 5.74) is 1.28. The van der Waals surface area contributed by atoms with Gasteiger partial charge in [-0.2, -0.15) is 0 Å². The molecule has 86 valence electrons. The number of aliphatic carboxylic acids is 1. The van der Waals surface area contributed by atoms with Crippen LogP contribution in [0.3, 0.4) is 0 Å². The predicted octanol–water partition coefficient (Wildman–Crippen LogP) is 2.66. The second kappa shape index (κ2) is 3.29. The van der Waals surface area contributed by atoms with Crippen molar-refractivity contribution < 1.29 is 9.90 Å². The number of hydrogen-bond donors (Lipinski definition) is 1. The largest absolute Gasteiger partial charge is 0.481 e. The fraction of sp³-hybridized carbons (Fsp3) is 0.286. The monoisotopic (exact) mass is 227 g/mol. The molecule has 0 spiro atoms. The van der Waals surface area contributed by atoms with Gasteiger partial charge < -0.3 is 5.11 Å². The molecule has 0 saturated heterocycles. The van der Waals surface area contributed by atoms with E-state index in [2.05, 4.69) is 4.98 Å². The van der Waals surface area contributed by atoms with E-state index in [-0.39, 0.29) is 0 Å². The van der Waals surface area contributed by atoms with E-state index < -0.39 is 11.4 Å². The summed E-state index contributed by atoms with van der Waals surface area (Å²) in [6.07, 6.45) is 3.26. The molecule has 3 nitrogen and oxygen atoms in total. The topological polar surface area (TPSA) is 50.2 Å². The van der Waals surface area contributed by atoms with Crippen molar-refractivity contribution in [1.29, 1.82) is 0 Å². The lowest BCUT2D eigenvalue weighted by atomic mass is 9.94. The van der Waals surface area contributed by atoms with E-state index in [1.54, 1.807) is 6.20 Å². The van der Waals surface area contributed by atoms with Crippen LogP contribution in [0.2, 0.25) is 0 Å². The van der Waals surface area contributed by atoms with Gasteiger partial charge in [0, 0.05) is 17.3 Å². The van der Waals surface area contributed by atoms with Crippen LogP contribution in [0.25, 0.3) is 10.8 Å². The number of hydrogen-bond acceptors (Lipinski definition) is 2.